The van der Waals surface area contributed by atoms with Gasteiger partial charge in [-0.3, -0.25) is 4.98 Å². The van der Waals surface area contributed by atoms with E-state index in [1.165, 1.54) is 31.6 Å². The van der Waals surface area contributed by atoms with E-state index in [9.17, 15) is 0 Å². The lowest BCUT2D eigenvalue weighted by Gasteiger charge is -2.32. The lowest BCUT2D eigenvalue weighted by molar-refractivity contribution is -0.00261. The molecule has 1 saturated heterocycles. The Bertz CT molecular complexity index is 366. The molecule has 20 heavy (non-hydrogen) atoms. The normalized spacial score (nSPS) is 19.1. The summed E-state index contributed by atoms with van der Waals surface area (Å²) in [6, 6.07) is 4.04. The van der Waals surface area contributed by atoms with E-state index in [4.69, 9.17) is 4.74 Å². The van der Waals surface area contributed by atoms with Gasteiger partial charge in [-0.2, -0.15) is 11.8 Å². The highest BCUT2D eigenvalue weighted by Crippen LogP contribution is 2.17. The second-order valence-corrected chi connectivity index (χ2v) is 6.82. The SMILES string of the molecule is CS[C@@H](C)CCN1CCC(OCc2cccnc2)CC1. The molecule has 1 atom stereocenters. The van der Waals surface area contributed by atoms with Crippen LogP contribution in [0.25, 0.3) is 0 Å². The van der Waals surface area contributed by atoms with Crippen LogP contribution in [-0.4, -0.2) is 47.1 Å². The summed E-state index contributed by atoms with van der Waals surface area (Å²) in [7, 11) is 0. The van der Waals surface area contributed by atoms with Gasteiger partial charge in [0.2, 0.25) is 0 Å². The quantitative estimate of drug-likeness (QED) is 0.771. The molecule has 2 heterocycles. The fourth-order valence-electron chi connectivity index (χ4n) is 2.48. The predicted molar refractivity (Wildman–Crippen MR) is 86.1 cm³/mol. The lowest BCUT2D eigenvalue weighted by atomic mass is 10.1. The molecule has 1 aliphatic heterocycles. The monoisotopic (exact) mass is 294 g/mol. The van der Waals surface area contributed by atoms with Crippen LogP contribution < -0.4 is 0 Å². The molecule has 112 valence electrons. The Labute approximate surface area is 127 Å². The molecular formula is C16H26N2OS. The first-order chi connectivity index (χ1) is 9.78. The van der Waals surface area contributed by atoms with Gasteiger partial charge in [0.05, 0.1) is 12.7 Å². The highest BCUT2D eigenvalue weighted by atomic mass is 32.2. The summed E-state index contributed by atoms with van der Waals surface area (Å²) >= 11 is 1.96. The van der Waals surface area contributed by atoms with Crippen molar-refractivity contribution in [3.63, 3.8) is 0 Å². The Morgan fingerprint density at radius 1 is 1.45 bits per heavy atom. The van der Waals surface area contributed by atoms with E-state index in [2.05, 4.69) is 29.1 Å². The van der Waals surface area contributed by atoms with Crippen molar-refractivity contribution >= 4 is 11.8 Å². The Kier molecular flexibility index (Phi) is 6.83. The van der Waals surface area contributed by atoms with Gasteiger partial charge in [0, 0.05) is 30.7 Å². The van der Waals surface area contributed by atoms with E-state index >= 15 is 0 Å². The summed E-state index contributed by atoms with van der Waals surface area (Å²) in [6.45, 7) is 6.60. The van der Waals surface area contributed by atoms with Crippen LogP contribution in [0.4, 0.5) is 0 Å². The van der Waals surface area contributed by atoms with Crippen molar-refractivity contribution in [1.82, 2.24) is 9.88 Å². The molecule has 1 aromatic heterocycles. The number of thioether (sulfide) groups is 1. The molecule has 0 spiro atoms. The third-order valence-corrected chi connectivity index (χ3v) is 5.04. The fraction of sp³-hybridized carbons (Fsp3) is 0.688. The Morgan fingerprint density at radius 3 is 2.90 bits per heavy atom. The van der Waals surface area contributed by atoms with Gasteiger partial charge >= 0.3 is 0 Å². The third kappa shape index (κ3) is 5.43. The zero-order valence-electron chi connectivity index (χ0n) is 12.6. The van der Waals surface area contributed by atoms with Gasteiger partial charge in [-0.15, -0.1) is 0 Å². The number of likely N-dealkylation sites (tertiary alicyclic amines) is 1. The molecule has 4 heteroatoms. The van der Waals surface area contributed by atoms with Crippen molar-refractivity contribution in [3.8, 4) is 0 Å². The summed E-state index contributed by atoms with van der Waals surface area (Å²) in [5.74, 6) is 0. The maximum absolute atomic E-state index is 5.99. The molecule has 0 unspecified atom stereocenters. The minimum atomic E-state index is 0.421. The van der Waals surface area contributed by atoms with Crippen LogP contribution in [0.2, 0.25) is 0 Å². The van der Waals surface area contributed by atoms with E-state index in [-0.39, 0.29) is 0 Å². The minimum absolute atomic E-state index is 0.421. The van der Waals surface area contributed by atoms with E-state index < -0.39 is 0 Å². The van der Waals surface area contributed by atoms with Gasteiger partial charge in [0.1, 0.15) is 0 Å². The number of hydrogen-bond acceptors (Lipinski definition) is 4. The molecule has 0 radical (unpaired) electrons. The molecule has 0 bridgehead atoms. The first kappa shape index (κ1) is 15.8. The number of rotatable bonds is 7. The molecule has 1 aromatic rings. The number of ether oxygens (including phenoxy) is 1. The van der Waals surface area contributed by atoms with Crippen LogP contribution in [0.1, 0.15) is 31.7 Å². The smallest absolute Gasteiger partial charge is 0.0735 e. The van der Waals surface area contributed by atoms with Crippen LogP contribution in [0.15, 0.2) is 24.5 Å². The second-order valence-electron chi connectivity index (χ2n) is 5.55. The predicted octanol–water partition coefficient (Wildman–Crippen LogP) is 3.20. The number of nitrogens with zero attached hydrogens (tertiary/aromatic N) is 2. The largest absolute Gasteiger partial charge is 0.373 e. The third-order valence-electron chi connectivity index (χ3n) is 4.00. The van der Waals surface area contributed by atoms with E-state index in [1.807, 2.05) is 24.0 Å². The molecule has 3 nitrogen and oxygen atoms in total. The summed E-state index contributed by atoms with van der Waals surface area (Å²) in [5.41, 5.74) is 1.17. The van der Waals surface area contributed by atoms with Gasteiger partial charge in [-0.1, -0.05) is 13.0 Å². The van der Waals surface area contributed by atoms with Crippen LogP contribution in [0.3, 0.4) is 0 Å². The van der Waals surface area contributed by atoms with Crippen molar-refractivity contribution in [2.24, 2.45) is 0 Å². The molecule has 0 amide bonds. The number of aromatic nitrogens is 1. The van der Waals surface area contributed by atoms with Gasteiger partial charge in [0.25, 0.3) is 0 Å². The summed E-state index contributed by atoms with van der Waals surface area (Å²) in [5, 5.41) is 0.773. The molecule has 1 fully saturated rings. The van der Waals surface area contributed by atoms with E-state index in [1.54, 1.807) is 6.20 Å². The highest BCUT2D eigenvalue weighted by molar-refractivity contribution is 7.99. The first-order valence-corrected chi connectivity index (χ1v) is 8.82. The van der Waals surface area contributed by atoms with Crippen molar-refractivity contribution in [3.05, 3.63) is 30.1 Å². The van der Waals surface area contributed by atoms with Crippen LogP contribution in [0, 0.1) is 0 Å². The molecule has 0 saturated carbocycles. The van der Waals surface area contributed by atoms with Gasteiger partial charge in [0.15, 0.2) is 0 Å². The molecule has 0 N–H and O–H groups in total. The van der Waals surface area contributed by atoms with Crippen molar-refractivity contribution in [1.29, 1.82) is 0 Å². The maximum atomic E-state index is 5.99. The fourth-order valence-corrected chi connectivity index (χ4v) is 2.82. The Morgan fingerprint density at radius 2 is 2.25 bits per heavy atom. The molecule has 0 aliphatic carbocycles. The van der Waals surface area contributed by atoms with E-state index in [0.29, 0.717) is 12.7 Å². The van der Waals surface area contributed by atoms with Gasteiger partial charge < -0.3 is 9.64 Å². The molecule has 1 aliphatic rings. The summed E-state index contributed by atoms with van der Waals surface area (Å²) < 4.78 is 5.99. The maximum Gasteiger partial charge on any atom is 0.0735 e. The average Bonchev–Trinajstić information content (AvgIpc) is 2.52. The van der Waals surface area contributed by atoms with Crippen LogP contribution in [-0.2, 0) is 11.3 Å². The van der Waals surface area contributed by atoms with Crippen molar-refractivity contribution in [2.45, 2.75) is 44.1 Å². The zero-order valence-corrected chi connectivity index (χ0v) is 13.4. The van der Waals surface area contributed by atoms with Gasteiger partial charge in [-0.05, 0) is 43.7 Å². The lowest BCUT2D eigenvalue weighted by Crippen LogP contribution is -2.38. The van der Waals surface area contributed by atoms with Crippen LogP contribution in [0.5, 0.6) is 0 Å². The number of piperidine rings is 1. The van der Waals surface area contributed by atoms with E-state index in [0.717, 1.165) is 18.1 Å². The first-order valence-electron chi connectivity index (χ1n) is 7.53. The second kappa shape index (κ2) is 8.65. The topological polar surface area (TPSA) is 25.4 Å². The van der Waals surface area contributed by atoms with Crippen molar-refractivity contribution < 1.29 is 4.74 Å². The summed E-state index contributed by atoms with van der Waals surface area (Å²) in [4.78, 5) is 6.70. The van der Waals surface area contributed by atoms with Crippen molar-refractivity contribution in [2.75, 3.05) is 25.9 Å². The Hall–Kier alpha value is -0.580. The highest BCUT2D eigenvalue weighted by Gasteiger charge is 2.19. The zero-order chi connectivity index (χ0) is 14.2. The van der Waals surface area contributed by atoms with Gasteiger partial charge in [-0.25, -0.2) is 0 Å². The average molecular weight is 294 g/mol. The number of pyridine rings is 1. The summed E-state index contributed by atoms with van der Waals surface area (Å²) in [6.07, 6.45) is 9.92. The number of hydrogen-bond donors (Lipinski definition) is 0. The molecule has 0 aromatic carbocycles. The molecular weight excluding hydrogens is 268 g/mol. The van der Waals surface area contributed by atoms with Crippen LogP contribution >= 0.6 is 11.8 Å². The minimum Gasteiger partial charge on any atom is -0.373 e. The Balaban J connectivity index is 1.62. The molecule has 2 rings (SSSR count). The standard InChI is InChI=1S/C16H26N2OS/c1-14(20-2)5-9-18-10-6-16(7-11-18)19-13-15-4-3-8-17-12-15/h3-4,8,12,14,16H,5-7,9-11,13H2,1-2H3/t14-/m0/s1.